The third kappa shape index (κ3) is 9.51. The third-order valence-electron chi connectivity index (χ3n) is 10.8. The van der Waals surface area contributed by atoms with Crippen LogP contribution in [-0.4, -0.2) is 81.8 Å². The standard InChI is InChI=1S/C43H47N4O14P/c1-25-21-46(41(51)44-39(25)49)37-19-33(58-27(3)48)36(60-37)24-57-62(53)61-34-20-38(47-22-26(2)40(50)45-42(47)52)59-35(34)23-56-43(28-9-7-6-8-10-28,29-11-15-31(54-4)16-12-29)30-13-17-32(55-5)18-14-30/h6-18,21-22,33-38,53H,19-20,23-24H2,1-5H3,(H,44,49,51)(H,45,50,52)/t33-,34-,35+,36+,37+,38+,62?/m0/s1. The lowest BCUT2D eigenvalue weighted by molar-refractivity contribution is -0.150. The minimum atomic E-state index is -2.69. The zero-order valence-electron chi connectivity index (χ0n) is 34.5. The highest BCUT2D eigenvalue weighted by Gasteiger charge is 2.45. The van der Waals surface area contributed by atoms with Crippen LogP contribution in [0.3, 0.4) is 0 Å². The van der Waals surface area contributed by atoms with Crippen LogP contribution in [0.4, 0.5) is 0 Å². The lowest BCUT2D eigenvalue weighted by Gasteiger charge is -2.37. The number of hydrogen-bond donors (Lipinski definition) is 3. The molecule has 2 aromatic heterocycles. The molecule has 7 rings (SSSR count). The van der Waals surface area contributed by atoms with Gasteiger partial charge in [-0.15, -0.1) is 0 Å². The predicted molar refractivity (Wildman–Crippen MR) is 223 cm³/mol. The molecule has 1 unspecified atom stereocenters. The Hall–Kier alpha value is -5.72. The van der Waals surface area contributed by atoms with Crippen LogP contribution in [0.25, 0.3) is 0 Å². The monoisotopic (exact) mass is 874 g/mol. The average molecular weight is 875 g/mol. The molecule has 7 atom stereocenters. The Morgan fingerprint density at radius 3 is 1.68 bits per heavy atom. The fourth-order valence-electron chi connectivity index (χ4n) is 7.66. The molecule has 19 heteroatoms. The number of nitrogens with one attached hydrogen (secondary N) is 2. The van der Waals surface area contributed by atoms with Crippen LogP contribution in [0.2, 0.25) is 0 Å². The minimum Gasteiger partial charge on any atom is -0.497 e. The topological polar surface area (TPSA) is 221 Å². The van der Waals surface area contributed by atoms with Crippen molar-refractivity contribution in [3.05, 3.63) is 161 Å². The van der Waals surface area contributed by atoms with Gasteiger partial charge in [-0.1, -0.05) is 54.6 Å². The van der Waals surface area contributed by atoms with Gasteiger partial charge in [0, 0.05) is 43.3 Å². The van der Waals surface area contributed by atoms with Gasteiger partial charge in [-0.2, -0.15) is 0 Å². The number of rotatable bonds is 16. The summed E-state index contributed by atoms with van der Waals surface area (Å²) < 4.78 is 50.5. The van der Waals surface area contributed by atoms with Crippen LogP contribution in [0.15, 0.2) is 110 Å². The molecule has 2 saturated heterocycles. The summed E-state index contributed by atoms with van der Waals surface area (Å²) in [5, 5.41) is 0. The van der Waals surface area contributed by atoms with Crippen molar-refractivity contribution in [1.29, 1.82) is 0 Å². The number of carbonyl (C=O) groups is 1. The van der Waals surface area contributed by atoms with Gasteiger partial charge < -0.3 is 42.4 Å². The van der Waals surface area contributed by atoms with E-state index in [4.69, 9.17) is 37.5 Å². The van der Waals surface area contributed by atoms with E-state index in [2.05, 4.69) is 9.97 Å². The number of benzene rings is 3. The number of aryl methyl sites for hydroxylation is 2. The second-order valence-corrected chi connectivity index (χ2v) is 15.8. The molecular weight excluding hydrogens is 827 g/mol. The minimum absolute atomic E-state index is 0.0259. The van der Waals surface area contributed by atoms with Crippen LogP contribution in [0.5, 0.6) is 11.5 Å². The number of nitrogens with zero attached hydrogens (tertiary/aromatic N) is 2. The van der Waals surface area contributed by atoms with E-state index in [1.807, 2.05) is 78.9 Å². The molecule has 0 aliphatic carbocycles. The van der Waals surface area contributed by atoms with Crippen LogP contribution in [0.1, 0.15) is 60.0 Å². The normalized spacial score (nSPS) is 21.7. The number of carbonyl (C=O) groups excluding carboxylic acids is 1. The lowest BCUT2D eigenvalue weighted by Crippen LogP contribution is -2.38. The average Bonchev–Trinajstić information content (AvgIpc) is 3.86. The van der Waals surface area contributed by atoms with Crippen molar-refractivity contribution in [2.75, 3.05) is 27.4 Å². The summed E-state index contributed by atoms with van der Waals surface area (Å²) in [6.07, 6.45) is -2.76. The van der Waals surface area contributed by atoms with Gasteiger partial charge >= 0.3 is 26.0 Å². The molecule has 0 saturated carbocycles. The lowest BCUT2D eigenvalue weighted by atomic mass is 9.80. The first-order chi connectivity index (χ1) is 29.8. The maximum absolute atomic E-state index is 13.1. The molecule has 62 heavy (non-hydrogen) atoms. The molecule has 0 bridgehead atoms. The van der Waals surface area contributed by atoms with E-state index in [0.717, 1.165) is 16.7 Å². The SMILES string of the molecule is COc1ccc(C(OC[C@H]2O[C@@H](n3cc(C)c(=O)[nH]c3=O)C[C@@H]2OP(O)OC[C@H]2O[C@@H](n3cc(C)c(=O)[nH]c3=O)C[C@@H]2OC(C)=O)(c2ccccc2)c2ccc(OC)cc2)cc1. The maximum Gasteiger partial charge on any atom is 0.330 e. The summed E-state index contributed by atoms with van der Waals surface area (Å²) in [5.74, 6) is 0.672. The number of aromatic amines is 2. The van der Waals surface area contributed by atoms with E-state index in [-0.39, 0.29) is 37.2 Å². The largest absolute Gasteiger partial charge is 0.497 e. The predicted octanol–water partition coefficient (Wildman–Crippen LogP) is 3.86. The number of methoxy groups -OCH3 is 2. The Balaban J connectivity index is 1.18. The first-order valence-electron chi connectivity index (χ1n) is 19.7. The maximum atomic E-state index is 13.1. The van der Waals surface area contributed by atoms with Crippen molar-refractivity contribution in [2.24, 2.45) is 0 Å². The molecule has 0 radical (unpaired) electrons. The van der Waals surface area contributed by atoms with Gasteiger partial charge in [-0.05, 0) is 54.8 Å². The molecule has 3 N–H and O–H groups in total. The number of hydrogen-bond acceptors (Lipinski definition) is 14. The summed E-state index contributed by atoms with van der Waals surface area (Å²) >= 11 is 0. The molecule has 328 valence electrons. The second-order valence-electron chi connectivity index (χ2n) is 14.8. The Kier molecular flexibility index (Phi) is 13.7. The molecule has 3 aromatic carbocycles. The number of H-pyrrole nitrogens is 2. The highest BCUT2D eigenvalue weighted by molar-refractivity contribution is 7.40. The fraction of sp³-hybridized carbons (Fsp3) is 0.372. The van der Waals surface area contributed by atoms with Crippen molar-refractivity contribution < 1.29 is 47.2 Å². The third-order valence-corrected chi connectivity index (χ3v) is 11.6. The van der Waals surface area contributed by atoms with Gasteiger partial charge in [0.1, 0.15) is 47.9 Å². The Morgan fingerprint density at radius 2 is 1.19 bits per heavy atom. The van der Waals surface area contributed by atoms with Crippen LogP contribution < -0.4 is 32.0 Å². The van der Waals surface area contributed by atoms with E-state index >= 15 is 0 Å². The van der Waals surface area contributed by atoms with Crippen LogP contribution in [-0.2, 0) is 38.4 Å². The molecule has 2 aliphatic heterocycles. The van der Waals surface area contributed by atoms with Crippen LogP contribution >= 0.6 is 8.60 Å². The highest BCUT2D eigenvalue weighted by atomic mass is 31.2. The molecule has 2 aliphatic rings. The zero-order valence-corrected chi connectivity index (χ0v) is 35.4. The molecular formula is C43H47N4O14P. The second kappa shape index (κ2) is 19.1. The number of ether oxygens (including phenoxy) is 6. The summed E-state index contributed by atoms with van der Waals surface area (Å²) in [5.41, 5.74) is -0.937. The molecule has 0 spiro atoms. The van der Waals surface area contributed by atoms with Gasteiger partial charge in [0.25, 0.3) is 11.1 Å². The van der Waals surface area contributed by atoms with E-state index in [1.54, 1.807) is 21.1 Å². The van der Waals surface area contributed by atoms with Gasteiger partial charge in [-0.3, -0.25) is 33.5 Å². The van der Waals surface area contributed by atoms with Crippen molar-refractivity contribution in [3.8, 4) is 11.5 Å². The summed E-state index contributed by atoms with van der Waals surface area (Å²) in [6.45, 7) is 3.85. The van der Waals surface area contributed by atoms with Crippen molar-refractivity contribution in [2.45, 2.75) is 76.1 Å². The van der Waals surface area contributed by atoms with E-state index in [9.17, 15) is 28.9 Å². The van der Waals surface area contributed by atoms with E-state index < -0.39 is 79.5 Å². The Labute approximate surface area is 355 Å². The van der Waals surface area contributed by atoms with Gasteiger partial charge in [-0.25, -0.2) is 9.59 Å². The van der Waals surface area contributed by atoms with Crippen molar-refractivity contribution in [3.63, 3.8) is 0 Å². The smallest absolute Gasteiger partial charge is 0.330 e. The van der Waals surface area contributed by atoms with Gasteiger partial charge in [0.15, 0.2) is 0 Å². The van der Waals surface area contributed by atoms with Crippen molar-refractivity contribution in [1.82, 2.24) is 19.1 Å². The van der Waals surface area contributed by atoms with E-state index in [1.165, 1.54) is 35.4 Å². The van der Waals surface area contributed by atoms with Crippen molar-refractivity contribution >= 4 is 14.6 Å². The highest BCUT2D eigenvalue weighted by Crippen LogP contribution is 2.46. The van der Waals surface area contributed by atoms with Crippen LogP contribution in [0, 0.1) is 13.8 Å². The first kappa shape index (κ1) is 44.3. The summed E-state index contributed by atoms with van der Waals surface area (Å²) in [6, 6.07) is 24.5. The van der Waals surface area contributed by atoms with E-state index in [0.29, 0.717) is 11.5 Å². The number of aromatic nitrogens is 4. The molecule has 5 aromatic rings. The molecule has 0 amide bonds. The molecule has 2 fully saturated rings. The zero-order chi connectivity index (χ0) is 44.1. The first-order valence-corrected chi connectivity index (χ1v) is 20.8. The Bertz CT molecular complexity index is 2530. The van der Waals surface area contributed by atoms with Gasteiger partial charge in [0.2, 0.25) is 0 Å². The molecule has 18 nitrogen and oxygen atoms in total. The fourth-order valence-corrected chi connectivity index (χ4v) is 8.44. The quantitative estimate of drug-likeness (QED) is 0.0729. The summed E-state index contributed by atoms with van der Waals surface area (Å²) in [4.78, 5) is 78.0. The molecule has 4 heterocycles. The van der Waals surface area contributed by atoms with Gasteiger partial charge in [0.05, 0.1) is 33.5 Å². The summed E-state index contributed by atoms with van der Waals surface area (Å²) in [7, 11) is 0.467. The Morgan fingerprint density at radius 1 is 0.726 bits per heavy atom. The number of esters is 1.